The van der Waals surface area contributed by atoms with Crippen LogP contribution in [0.2, 0.25) is 0 Å². The maximum Gasteiger partial charge on any atom is 0.0327 e. The first kappa shape index (κ1) is 69.8. The Morgan fingerprint density at radius 1 is 0.260 bits per heavy atom. The highest BCUT2D eigenvalue weighted by Crippen LogP contribution is 2.47. The second-order valence-corrected chi connectivity index (χ2v) is 29.1. The van der Waals surface area contributed by atoms with E-state index in [2.05, 4.69) is 281 Å². The molecule has 0 aliphatic heterocycles. The lowest BCUT2D eigenvalue weighted by atomic mass is 9.65. The Bertz CT molecular complexity index is 2220. The van der Waals surface area contributed by atoms with Crippen LogP contribution >= 0.6 is 25.3 Å². The molecule has 5 rings (SSSR count). The van der Waals surface area contributed by atoms with Crippen LogP contribution in [-0.2, 0) is 25.7 Å². The number of rotatable bonds is 6. The number of hydrogen-bond donors (Lipinski definition) is 2. The summed E-state index contributed by atoms with van der Waals surface area (Å²) < 4.78 is -0.309. The molecule has 0 fully saturated rings. The molecule has 0 saturated carbocycles. The van der Waals surface area contributed by atoms with Crippen molar-refractivity contribution in [1.29, 1.82) is 0 Å². The molecule has 0 radical (unpaired) electrons. The summed E-state index contributed by atoms with van der Waals surface area (Å²) in [6, 6.07) is 26.7. The molecule has 0 saturated heterocycles. The molecular formula is C71H114S2. The van der Waals surface area contributed by atoms with Crippen molar-refractivity contribution in [3.63, 3.8) is 0 Å². The minimum Gasteiger partial charge on any atom is -0.168 e. The van der Waals surface area contributed by atoms with Crippen molar-refractivity contribution in [2.24, 2.45) is 16.2 Å². The lowest BCUT2D eigenvalue weighted by molar-refractivity contribution is 0.225. The van der Waals surface area contributed by atoms with E-state index in [1.54, 1.807) is 0 Å². The van der Waals surface area contributed by atoms with Crippen molar-refractivity contribution < 1.29 is 0 Å². The highest BCUT2D eigenvalue weighted by Gasteiger charge is 2.36. The maximum absolute atomic E-state index is 4.91. The van der Waals surface area contributed by atoms with Crippen LogP contribution in [0.3, 0.4) is 0 Å². The quantitative estimate of drug-likeness (QED) is 0.156. The van der Waals surface area contributed by atoms with Crippen LogP contribution < -0.4 is 0 Å². The Labute approximate surface area is 466 Å². The van der Waals surface area contributed by atoms with Crippen LogP contribution in [0.4, 0.5) is 0 Å². The van der Waals surface area contributed by atoms with Gasteiger partial charge in [0.25, 0.3) is 0 Å². The van der Waals surface area contributed by atoms with Gasteiger partial charge in [0.2, 0.25) is 0 Å². The second-order valence-electron chi connectivity index (χ2n) is 26.8. The molecule has 0 bridgehead atoms. The minimum absolute atomic E-state index is 0. The van der Waals surface area contributed by atoms with Crippen LogP contribution in [0.1, 0.15) is 242 Å². The second kappa shape index (κ2) is 25.8. The fourth-order valence-corrected chi connectivity index (χ4v) is 10.1. The van der Waals surface area contributed by atoms with Gasteiger partial charge in [-0.3, -0.25) is 0 Å². The van der Waals surface area contributed by atoms with Crippen molar-refractivity contribution in [2.45, 2.75) is 255 Å². The van der Waals surface area contributed by atoms with Gasteiger partial charge in [-0.15, -0.1) is 0 Å². The third kappa shape index (κ3) is 16.6. The Morgan fingerprint density at radius 2 is 0.411 bits per heavy atom. The SMILES string of the molecule is C.CC.Cc1c(C)c(C(C)(C)S)c(C)c(C)c1-c1c(C)c(C)c(C(C)(C)S)c(C)c1C.Cc1ccc(C(C)(C)C(C)(C)C)cc1.Cc1ccc(C(C)(C)C(C)(C)C)cc1.Cc1ccc(C(C)(C)C(C)(C)C)cc1. The fourth-order valence-electron chi connectivity index (χ4n) is 9.42. The number of aryl methyl sites for hydroxylation is 3. The fraction of sp³-hybridized carbons (Fsp3) is 0.577. The van der Waals surface area contributed by atoms with E-state index < -0.39 is 0 Å². The molecule has 73 heavy (non-hydrogen) atoms. The maximum atomic E-state index is 4.91. The Morgan fingerprint density at radius 3 is 0.534 bits per heavy atom. The molecule has 0 atom stereocenters. The number of benzene rings is 5. The first-order valence-corrected chi connectivity index (χ1v) is 28.1. The van der Waals surface area contributed by atoms with Gasteiger partial charge in [0.15, 0.2) is 0 Å². The summed E-state index contributed by atoms with van der Waals surface area (Å²) in [6.07, 6.45) is 0. The summed E-state index contributed by atoms with van der Waals surface area (Å²) in [7, 11) is 0. The van der Waals surface area contributed by atoms with Crippen molar-refractivity contribution in [2.75, 3.05) is 0 Å². The molecule has 0 aliphatic rings. The standard InChI is InChI=1S/C26H38S2.3C14H22.C2H6.CH4/c1-13-17(5)23(25(9,10)27)18(6)14(2)21(13)22-15(3)19(7)24(26(11,12)28)20(8)16(22)4;3*1-11-7-9-12(10-8-11)14(5,6)13(2,3)4;1-2;/h27-28H,1-12H3;3*7-10H,1-6H3;1-2H3;1H4. The van der Waals surface area contributed by atoms with E-state index in [1.165, 1.54) is 100 Å². The number of thiol groups is 2. The van der Waals surface area contributed by atoms with Gasteiger partial charge in [-0.25, -0.2) is 0 Å². The summed E-state index contributed by atoms with van der Waals surface area (Å²) in [6.45, 7) is 71.9. The average molecular weight is 1030 g/mol. The largest absolute Gasteiger partial charge is 0.168 e. The zero-order valence-corrected chi connectivity index (χ0v) is 54.6. The molecule has 0 aromatic heterocycles. The lowest BCUT2D eigenvalue weighted by Crippen LogP contribution is -2.33. The first-order valence-electron chi connectivity index (χ1n) is 27.2. The summed E-state index contributed by atoms with van der Waals surface area (Å²) in [5.41, 5.74) is 26.3. The van der Waals surface area contributed by atoms with Crippen LogP contribution in [-0.4, -0.2) is 0 Å². The molecule has 2 heteroatoms. The predicted molar refractivity (Wildman–Crippen MR) is 343 cm³/mol. The highest BCUT2D eigenvalue weighted by atomic mass is 32.1. The van der Waals surface area contributed by atoms with E-state index in [1.807, 2.05) is 13.8 Å². The number of hydrogen-bond acceptors (Lipinski definition) is 2. The third-order valence-electron chi connectivity index (χ3n) is 17.7. The molecule has 0 unspecified atom stereocenters. The van der Waals surface area contributed by atoms with Crippen molar-refractivity contribution in [3.8, 4) is 11.1 Å². The van der Waals surface area contributed by atoms with E-state index in [-0.39, 0.29) is 33.2 Å². The van der Waals surface area contributed by atoms with Gasteiger partial charge in [-0.05, 0) is 220 Å². The van der Waals surface area contributed by atoms with Gasteiger partial charge in [-0.1, -0.05) is 215 Å². The topological polar surface area (TPSA) is 0 Å². The average Bonchev–Trinajstić information content (AvgIpc) is 3.23. The molecule has 5 aromatic rings. The molecule has 0 spiro atoms. The molecule has 0 nitrogen and oxygen atoms in total. The third-order valence-corrected chi connectivity index (χ3v) is 18.1. The van der Waals surface area contributed by atoms with Gasteiger partial charge < -0.3 is 0 Å². The highest BCUT2D eigenvalue weighted by molar-refractivity contribution is 7.81. The van der Waals surface area contributed by atoms with Crippen LogP contribution in [0, 0.1) is 92.4 Å². The van der Waals surface area contributed by atoms with Gasteiger partial charge in [-0.2, -0.15) is 25.3 Å². The van der Waals surface area contributed by atoms with Gasteiger partial charge >= 0.3 is 0 Å². The van der Waals surface area contributed by atoms with Gasteiger partial charge in [0.05, 0.1) is 0 Å². The summed E-state index contributed by atoms with van der Waals surface area (Å²) in [5, 5.41) is 0. The van der Waals surface area contributed by atoms with Crippen molar-refractivity contribution >= 4 is 25.3 Å². The monoisotopic (exact) mass is 1030 g/mol. The van der Waals surface area contributed by atoms with Crippen molar-refractivity contribution in [1.82, 2.24) is 0 Å². The predicted octanol–water partition coefficient (Wildman–Crippen LogP) is 22.8. The minimum atomic E-state index is -0.155. The van der Waals surface area contributed by atoms with Crippen LogP contribution in [0.25, 0.3) is 11.1 Å². The van der Waals surface area contributed by atoms with Gasteiger partial charge in [0.1, 0.15) is 0 Å². The van der Waals surface area contributed by atoms with Crippen molar-refractivity contribution in [3.05, 3.63) is 162 Å². The zero-order chi connectivity index (χ0) is 56.9. The lowest BCUT2D eigenvalue weighted by Gasteiger charge is -2.39. The first-order chi connectivity index (χ1) is 32.3. The molecule has 410 valence electrons. The van der Waals surface area contributed by atoms with Crippen LogP contribution in [0.15, 0.2) is 72.8 Å². The van der Waals surface area contributed by atoms with E-state index in [9.17, 15) is 0 Å². The Hall–Kier alpha value is -3.20. The molecule has 5 aromatic carbocycles. The smallest absolute Gasteiger partial charge is 0.0327 e. The van der Waals surface area contributed by atoms with E-state index in [0.717, 1.165) is 0 Å². The van der Waals surface area contributed by atoms with E-state index in [4.69, 9.17) is 25.3 Å². The molecule has 0 N–H and O–H groups in total. The summed E-state index contributed by atoms with van der Waals surface area (Å²) >= 11 is 9.82. The normalized spacial score (nSPS) is 12.4. The Balaban J connectivity index is 0.000000987. The molecule has 0 heterocycles. The van der Waals surface area contributed by atoms with Crippen LogP contribution in [0.5, 0.6) is 0 Å². The summed E-state index contributed by atoms with van der Waals surface area (Å²) in [5.74, 6) is 0. The zero-order valence-electron chi connectivity index (χ0n) is 52.8. The molecule has 0 amide bonds. The Kier molecular flexibility index (Phi) is 24.6. The van der Waals surface area contributed by atoms with Gasteiger partial charge in [0, 0.05) is 9.49 Å². The van der Waals surface area contributed by atoms with E-state index >= 15 is 0 Å². The summed E-state index contributed by atoms with van der Waals surface area (Å²) in [4.78, 5) is 0. The molecular weight excluding hydrogens is 917 g/mol. The van der Waals surface area contributed by atoms with E-state index in [0.29, 0.717) is 16.2 Å². The molecule has 0 aliphatic carbocycles.